The number of aliphatic hydroxyl groups is 1. The summed E-state index contributed by atoms with van der Waals surface area (Å²) >= 11 is -0.294. The minimum Gasteiger partial charge on any atom is -0.479 e. The lowest BCUT2D eigenvalue weighted by molar-refractivity contribution is -0.146. The van der Waals surface area contributed by atoms with Gasteiger partial charge in [-0.3, -0.25) is 14.4 Å². The van der Waals surface area contributed by atoms with Crippen molar-refractivity contribution in [2.45, 2.75) is 35.8 Å². The number of aryl methyl sites for hydroxylation is 2. The summed E-state index contributed by atoms with van der Waals surface area (Å²) in [4.78, 5) is 49.7. The Bertz CT molecular complexity index is 1510. The van der Waals surface area contributed by atoms with Crippen LogP contribution >= 0.6 is 11.8 Å². The van der Waals surface area contributed by atoms with Crippen LogP contribution in [0.4, 0.5) is 13.2 Å². The second-order valence-electron chi connectivity index (χ2n) is 9.30. The number of carboxylic acids is 1. The van der Waals surface area contributed by atoms with Gasteiger partial charge in [0.05, 0.1) is 6.54 Å². The first-order valence-corrected chi connectivity index (χ1v) is 13.3. The predicted octanol–water partition coefficient (Wildman–Crippen LogP) is 5.11. The topological polar surface area (TPSA) is 121 Å². The first-order chi connectivity index (χ1) is 19.4. The average molecular weight is 584 g/mol. The highest BCUT2D eigenvalue weighted by Gasteiger charge is 2.29. The highest BCUT2D eigenvalue weighted by Crippen LogP contribution is 2.37. The second kappa shape index (κ2) is 12.5. The zero-order chi connectivity index (χ0) is 29.7. The van der Waals surface area contributed by atoms with Crippen molar-refractivity contribution in [1.29, 1.82) is 0 Å². The quantitative estimate of drug-likeness (QED) is 0.172. The van der Waals surface area contributed by atoms with Crippen LogP contribution in [0.25, 0.3) is 5.57 Å². The van der Waals surface area contributed by atoms with E-state index in [1.54, 1.807) is 6.07 Å². The van der Waals surface area contributed by atoms with E-state index >= 15 is 0 Å². The van der Waals surface area contributed by atoms with Crippen molar-refractivity contribution in [2.75, 3.05) is 6.54 Å². The molecule has 0 aromatic heterocycles. The number of ketones is 2. The van der Waals surface area contributed by atoms with E-state index in [0.29, 0.717) is 5.56 Å². The minimum absolute atomic E-state index is 0.0745. The van der Waals surface area contributed by atoms with Gasteiger partial charge in [0.2, 0.25) is 0 Å². The number of halogens is 3. The zero-order valence-electron chi connectivity index (χ0n) is 21.4. The van der Waals surface area contributed by atoms with Crippen molar-refractivity contribution in [3.63, 3.8) is 0 Å². The lowest BCUT2D eigenvalue weighted by atomic mass is 9.92. The number of carboxylic acid groups (broad SMARTS) is 1. The van der Waals surface area contributed by atoms with Crippen LogP contribution in [0.1, 0.15) is 54.2 Å². The third-order valence-corrected chi connectivity index (χ3v) is 7.19. The van der Waals surface area contributed by atoms with Gasteiger partial charge in [0.25, 0.3) is 5.91 Å². The van der Waals surface area contributed by atoms with E-state index in [1.807, 2.05) is 12.1 Å². The van der Waals surface area contributed by atoms with Crippen LogP contribution in [-0.2, 0) is 17.6 Å². The number of thioether (sulfide) groups is 1. The largest absolute Gasteiger partial charge is 0.479 e. The molecule has 212 valence electrons. The summed E-state index contributed by atoms with van der Waals surface area (Å²) in [6, 6.07) is 15.9. The van der Waals surface area contributed by atoms with Crippen LogP contribution in [0.5, 0.6) is 0 Å². The van der Waals surface area contributed by atoms with E-state index in [4.69, 9.17) is 5.11 Å². The third-order valence-electron chi connectivity index (χ3n) is 6.45. The molecule has 1 atom stereocenters. The lowest BCUT2D eigenvalue weighted by Crippen LogP contribution is -2.36. The van der Waals surface area contributed by atoms with Gasteiger partial charge in [-0.1, -0.05) is 30.3 Å². The second-order valence-corrected chi connectivity index (χ2v) is 10.4. The number of hydrogen-bond donors (Lipinski definition) is 3. The molecular weight excluding hydrogens is 559 g/mol. The van der Waals surface area contributed by atoms with Crippen LogP contribution in [0, 0.1) is 0 Å². The number of nitrogens with one attached hydrogen (secondary N) is 1. The fourth-order valence-corrected chi connectivity index (χ4v) is 4.90. The Kier molecular flexibility index (Phi) is 9.09. The minimum atomic E-state index is -4.46. The predicted molar refractivity (Wildman–Crippen MR) is 146 cm³/mol. The Morgan fingerprint density at radius 2 is 1.44 bits per heavy atom. The molecule has 4 rings (SSSR count). The van der Waals surface area contributed by atoms with Crippen LogP contribution in [0.15, 0.2) is 77.7 Å². The molecule has 0 aliphatic heterocycles. The number of carbonyl (C=O) groups excluding carboxylic acids is 3. The molecule has 3 aromatic carbocycles. The van der Waals surface area contributed by atoms with Crippen LogP contribution in [0.3, 0.4) is 0 Å². The Balaban J connectivity index is 1.61. The van der Waals surface area contributed by atoms with Gasteiger partial charge in [-0.05, 0) is 90.2 Å². The molecule has 0 bridgehead atoms. The van der Waals surface area contributed by atoms with Crippen molar-refractivity contribution in [1.82, 2.24) is 5.32 Å². The summed E-state index contributed by atoms with van der Waals surface area (Å²) in [5.41, 5.74) is -1.24. The molecule has 11 heteroatoms. The number of fused-ring (bicyclic) bond motifs is 1. The van der Waals surface area contributed by atoms with Crippen molar-refractivity contribution >= 4 is 40.8 Å². The highest BCUT2D eigenvalue weighted by atomic mass is 32.2. The molecule has 3 N–H and O–H groups in total. The summed E-state index contributed by atoms with van der Waals surface area (Å²) in [7, 11) is 0. The number of Topliss-reactive ketones (excluding diaryl/α,β-unsaturated/α-hetero) is 1. The number of benzene rings is 3. The maximum absolute atomic E-state index is 13.6. The summed E-state index contributed by atoms with van der Waals surface area (Å²) in [5, 5.41) is 20.4. The number of aliphatic hydroxyl groups excluding tert-OH is 1. The summed E-state index contributed by atoms with van der Waals surface area (Å²) in [6.45, 7) is -0.502. The molecule has 7 nitrogen and oxygen atoms in total. The van der Waals surface area contributed by atoms with E-state index in [-0.39, 0.29) is 38.9 Å². The van der Waals surface area contributed by atoms with Crippen molar-refractivity contribution in [3.05, 3.63) is 106 Å². The number of rotatable bonds is 10. The number of hydrogen-bond acceptors (Lipinski definition) is 6. The Morgan fingerprint density at radius 1 is 0.854 bits per heavy atom. The number of amides is 1. The summed E-state index contributed by atoms with van der Waals surface area (Å²) < 4.78 is 38.0. The highest BCUT2D eigenvalue weighted by molar-refractivity contribution is 8.00. The first-order valence-electron chi connectivity index (χ1n) is 12.5. The van der Waals surface area contributed by atoms with Gasteiger partial charge in [-0.2, -0.15) is 13.2 Å². The molecule has 0 radical (unpaired) electrons. The van der Waals surface area contributed by atoms with Crippen LogP contribution in [-0.4, -0.2) is 51.8 Å². The van der Waals surface area contributed by atoms with Crippen molar-refractivity contribution in [2.24, 2.45) is 0 Å². The van der Waals surface area contributed by atoms with E-state index in [1.165, 1.54) is 54.6 Å². The summed E-state index contributed by atoms with van der Waals surface area (Å²) in [6.07, 6.45) is 2.12. The normalized spacial score (nSPS) is 13.8. The molecule has 0 unspecified atom stereocenters. The van der Waals surface area contributed by atoms with Gasteiger partial charge in [0, 0.05) is 27.2 Å². The molecule has 1 amide bonds. The van der Waals surface area contributed by atoms with Gasteiger partial charge in [-0.15, -0.1) is 0 Å². The summed E-state index contributed by atoms with van der Waals surface area (Å²) in [5.74, 6) is -3.21. The standard InChI is InChI=1S/C30H24F3NO6S/c31-30(32,33)41-23-12-10-18(11-13-23)25(35)15-24(22-9-4-17-2-1-3-21(17)14-22)27(37)19-5-7-20(8-6-19)28(38)34-16-26(36)29(39)40/h4-15,26,36H,1-3,16H2,(H,34,38)(H,39,40)/t26-/m1/s1. The first kappa shape index (κ1) is 29.8. The molecule has 0 spiro atoms. The number of allylic oxidation sites excluding steroid dienone is 2. The number of aliphatic carboxylic acids is 1. The fraction of sp³-hybridized carbons (Fsp3) is 0.200. The monoisotopic (exact) mass is 583 g/mol. The number of alkyl halides is 3. The van der Waals surface area contributed by atoms with Crippen LogP contribution < -0.4 is 5.32 Å². The van der Waals surface area contributed by atoms with Crippen LogP contribution in [0.2, 0.25) is 0 Å². The van der Waals surface area contributed by atoms with E-state index < -0.39 is 41.6 Å². The SMILES string of the molecule is O=C(C=C(C(=O)c1ccc(C(=O)NC[C@@H](O)C(=O)O)cc1)c1ccc2c(c1)CCC2)c1ccc(SC(F)(F)F)cc1. The average Bonchev–Trinajstić information content (AvgIpc) is 3.41. The molecule has 0 saturated carbocycles. The fourth-order valence-electron chi connectivity index (χ4n) is 4.36. The van der Waals surface area contributed by atoms with E-state index in [9.17, 15) is 37.5 Å². The van der Waals surface area contributed by atoms with E-state index in [0.717, 1.165) is 30.4 Å². The molecule has 1 aliphatic carbocycles. The van der Waals surface area contributed by atoms with E-state index in [2.05, 4.69) is 5.32 Å². The molecular formula is C30H24F3NO6S. The maximum Gasteiger partial charge on any atom is 0.446 e. The molecule has 0 heterocycles. The Morgan fingerprint density at radius 3 is 2.07 bits per heavy atom. The Hall–Kier alpha value is -4.22. The van der Waals surface area contributed by atoms with Gasteiger partial charge < -0.3 is 15.5 Å². The van der Waals surface area contributed by atoms with Crippen molar-refractivity contribution < 1.29 is 42.6 Å². The number of carbonyl (C=O) groups is 4. The lowest BCUT2D eigenvalue weighted by Gasteiger charge is -2.11. The molecule has 0 fully saturated rings. The van der Waals surface area contributed by atoms with Gasteiger partial charge in [-0.25, -0.2) is 4.79 Å². The molecule has 41 heavy (non-hydrogen) atoms. The molecule has 3 aromatic rings. The maximum atomic E-state index is 13.6. The van der Waals surface area contributed by atoms with Crippen molar-refractivity contribution in [3.8, 4) is 0 Å². The van der Waals surface area contributed by atoms with Gasteiger partial charge >= 0.3 is 11.5 Å². The Labute approximate surface area is 237 Å². The smallest absolute Gasteiger partial charge is 0.446 e. The van der Waals surface area contributed by atoms with Gasteiger partial charge in [0.15, 0.2) is 17.7 Å². The molecule has 1 aliphatic rings. The van der Waals surface area contributed by atoms with Gasteiger partial charge in [0.1, 0.15) is 0 Å². The molecule has 0 saturated heterocycles. The third kappa shape index (κ3) is 7.71. The zero-order valence-corrected chi connectivity index (χ0v) is 22.2.